The Labute approximate surface area is 107 Å². The molecule has 86 valence electrons. The van der Waals surface area contributed by atoms with Gasteiger partial charge in [0.25, 0.3) is 0 Å². The molecule has 0 saturated carbocycles. The van der Waals surface area contributed by atoms with Gasteiger partial charge in [0.1, 0.15) is 12.4 Å². The summed E-state index contributed by atoms with van der Waals surface area (Å²) >= 11 is 2.09. The summed E-state index contributed by atoms with van der Waals surface area (Å²) in [6.45, 7) is 2.94. The van der Waals surface area contributed by atoms with Crippen molar-refractivity contribution in [1.82, 2.24) is 4.98 Å². The number of halogens is 1. The van der Waals surface area contributed by atoms with Crippen molar-refractivity contribution in [1.29, 1.82) is 0 Å². The smallest absolute Gasteiger partial charge is 0.302 e. The Kier molecular flexibility index (Phi) is 4.66. The number of carbonyl (C=O) groups excluding carboxylic acids is 2. The van der Waals surface area contributed by atoms with Gasteiger partial charge in [0.15, 0.2) is 0 Å². The van der Waals surface area contributed by atoms with E-state index in [1.165, 1.54) is 13.8 Å². The quantitative estimate of drug-likeness (QED) is 0.675. The van der Waals surface area contributed by atoms with Gasteiger partial charge < -0.3 is 10.1 Å². The molecule has 0 aromatic carbocycles. The maximum Gasteiger partial charge on any atom is 0.302 e. The molecule has 1 aromatic heterocycles. The number of nitrogens with one attached hydrogen (secondary N) is 1. The molecule has 0 aliphatic rings. The molecule has 1 heterocycles. The molecule has 6 heteroatoms. The van der Waals surface area contributed by atoms with E-state index >= 15 is 0 Å². The maximum absolute atomic E-state index is 10.8. The number of esters is 1. The highest BCUT2D eigenvalue weighted by atomic mass is 127. The van der Waals surface area contributed by atoms with Gasteiger partial charge in [-0.25, -0.2) is 4.98 Å². The molecule has 0 aliphatic heterocycles. The van der Waals surface area contributed by atoms with Crippen molar-refractivity contribution in [3.8, 4) is 0 Å². The van der Waals surface area contributed by atoms with Gasteiger partial charge in [-0.3, -0.25) is 9.59 Å². The first-order chi connectivity index (χ1) is 7.49. The Hall–Kier alpha value is -1.18. The van der Waals surface area contributed by atoms with Crippen LogP contribution in [0.15, 0.2) is 12.3 Å². The van der Waals surface area contributed by atoms with Gasteiger partial charge in [0, 0.05) is 29.2 Å². The van der Waals surface area contributed by atoms with Crippen LogP contribution in [0.25, 0.3) is 0 Å². The van der Waals surface area contributed by atoms with Crippen molar-refractivity contribution in [3.05, 3.63) is 21.4 Å². The third kappa shape index (κ3) is 4.13. The van der Waals surface area contributed by atoms with Crippen molar-refractivity contribution in [2.45, 2.75) is 20.5 Å². The molecule has 1 aromatic rings. The first-order valence-electron chi connectivity index (χ1n) is 4.54. The molecule has 0 spiro atoms. The molecular weight excluding hydrogens is 323 g/mol. The third-order valence-corrected chi connectivity index (χ3v) is 2.64. The van der Waals surface area contributed by atoms with Crippen LogP contribution < -0.4 is 5.32 Å². The predicted molar refractivity (Wildman–Crippen MR) is 66.7 cm³/mol. The maximum atomic E-state index is 10.8. The van der Waals surface area contributed by atoms with Gasteiger partial charge in [-0.2, -0.15) is 0 Å². The highest BCUT2D eigenvalue weighted by molar-refractivity contribution is 14.1. The van der Waals surface area contributed by atoms with E-state index in [4.69, 9.17) is 4.74 Å². The van der Waals surface area contributed by atoms with E-state index in [2.05, 4.69) is 32.9 Å². The molecule has 1 rings (SSSR count). The minimum absolute atomic E-state index is 0.183. The molecule has 16 heavy (non-hydrogen) atoms. The molecule has 1 N–H and O–H groups in total. The summed E-state index contributed by atoms with van der Waals surface area (Å²) in [5, 5.41) is 2.57. The fourth-order valence-electron chi connectivity index (χ4n) is 1.02. The Bertz CT molecular complexity index is 421. The molecule has 0 bridgehead atoms. The summed E-state index contributed by atoms with van der Waals surface area (Å²) in [7, 11) is 0. The van der Waals surface area contributed by atoms with E-state index in [0.717, 1.165) is 9.13 Å². The normalized spacial score (nSPS) is 9.69. The lowest BCUT2D eigenvalue weighted by Gasteiger charge is -2.07. The second-order valence-corrected chi connectivity index (χ2v) is 4.28. The van der Waals surface area contributed by atoms with Gasteiger partial charge in [0.05, 0.1) is 0 Å². The summed E-state index contributed by atoms with van der Waals surface area (Å²) in [5.41, 5.74) is 0.814. The SMILES string of the molecule is CC(=O)Nc1cc(COC(C)=O)c(I)cn1. The number of anilines is 1. The zero-order valence-electron chi connectivity index (χ0n) is 8.91. The zero-order valence-corrected chi connectivity index (χ0v) is 11.1. The Morgan fingerprint density at radius 3 is 2.75 bits per heavy atom. The monoisotopic (exact) mass is 334 g/mol. The largest absolute Gasteiger partial charge is 0.461 e. The summed E-state index contributed by atoms with van der Waals surface area (Å²) < 4.78 is 5.77. The number of amides is 1. The summed E-state index contributed by atoms with van der Waals surface area (Å²) in [6, 6.07) is 1.69. The van der Waals surface area contributed by atoms with Gasteiger partial charge in [-0.05, 0) is 28.7 Å². The average molecular weight is 334 g/mol. The lowest BCUT2D eigenvalue weighted by molar-refractivity contribution is -0.142. The van der Waals surface area contributed by atoms with Crippen molar-refractivity contribution in [2.24, 2.45) is 0 Å². The number of pyridine rings is 1. The van der Waals surface area contributed by atoms with Crippen molar-refractivity contribution in [2.75, 3.05) is 5.32 Å². The van der Waals surface area contributed by atoms with E-state index in [1.54, 1.807) is 12.3 Å². The van der Waals surface area contributed by atoms with Crippen LogP contribution in [0.2, 0.25) is 0 Å². The van der Waals surface area contributed by atoms with E-state index in [1.807, 2.05) is 0 Å². The van der Waals surface area contributed by atoms with Gasteiger partial charge >= 0.3 is 5.97 Å². The summed E-state index contributed by atoms with van der Waals surface area (Å²) in [4.78, 5) is 25.5. The molecular formula is C10H11IN2O3. The van der Waals surface area contributed by atoms with E-state index < -0.39 is 0 Å². The number of rotatable bonds is 3. The van der Waals surface area contributed by atoms with Crippen LogP contribution >= 0.6 is 22.6 Å². The fraction of sp³-hybridized carbons (Fsp3) is 0.300. The minimum atomic E-state index is -0.339. The topological polar surface area (TPSA) is 68.3 Å². The second kappa shape index (κ2) is 5.78. The van der Waals surface area contributed by atoms with Crippen LogP contribution in [-0.2, 0) is 20.9 Å². The fourth-order valence-corrected chi connectivity index (χ4v) is 1.47. The standard InChI is InChI=1S/C10H11IN2O3/c1-6(14)13-10-3-8(5-16-7(2)15)9(11)4-12-10/h3-4H,5H2,1-2H3,(H,12,13,14). The minimum Gasteiger partial charge on any atom is -0.461 e. The molecule has 0 unspecified atom stereocenters. The highest BCUT2D eigenvalue weighted by Gasteiger charge is 2.05. The third-order valence-electron chi connectivity index (χ3n) is 1.67. The predicted octanol–water partition coefficient (Wildman–Crippen LogP) is 1.71. The van der Waals surface area contributed by atoms with Crippen LogP contribution in [0.4, 0.5) is 5.82 Å². The number of hydrogen-bond donors (Lipinski definition) is 1. The van der Waals surface area contributed by atoms with Crippen LogP contribution in [0, 0.1) is 3.57 Å². The molecule has 0 atom stereocenters. The molecule has 0 aliphatic carbocycles. The number of nitrogens with zero attached hydrogens (tertiary/aromatic N) is 1. The van der Waals surface area contributed by atoms with Gasteiger partial charge in [-0.1, -0.05) is 0 Å². The van der Waals surface area contributed by atoms with Gasteiger partial charge in [0.2, 0.25) is 5.91 Å². The summed E-state index contributed by atoms with van der Waals surface area (Å²) in [5.74, 6) is -0.0732. The van der Waals surface area contributed by atoms with E-state index in [0.29, 0.717) is 5.82 Å². The summed E-state index contributed by atoms with van der Waals surface area (Å²) in [6.07, 6.45) is 1.62. The Morgan fingerprint density at radius 1 is 1.50 bits per heavy atom. The highest BCUT2D eigenvalue weighted by Crippen LogP contribution is 2.16. The number of hydrogen-bond acceptors (Lipinski definition) is 4. The first kappa shape index (κ1) is 12.9. The molecule has 0 radical (unpaired) electrons. The van der Waals surface area contributed by atoms with Crippen molar-refractivity contribution < 1.29 is 14.3 Å². The van der Waals surface area contributed by atoms with E-state index in [9.17, 15) is 9.59 Å². The average Bonchev–Trinajstić information content (AvgIpc) is 2.18. The first-order valence-corrected chi connectivity index (χ1v) is 5.62. The van der Waals surface area contributed by atoms with Crippen LogP contribution in [0.5, 0.6) is 0 Å². The van der Waals surface area contributed by atoms with E-state index in [-0.39, 0.29) is 18.5 Å². The number of carbonyl (C=O) groups is 2. The van der Waals surface area contributed by atoms with Crippen LogP contribution in [-0.4, -0.2) is 16.9 Å². The zero-order chi connectivity index (χ0) is 12.1. The lowest BCUT2D eigenvalue weighted by atomic mass is 10.3. The molecule has 1 amide bonds. The van der Waals surface area contributed by atoms with Crippen molar-refractivity contribution >= 4 is 40.3 Å². The second-order valence-electron chi connectivity index (χ2n) is 3.12. The van der Waals surface area contributed by atoms with Gasteiger partial charge in [-0.15, -0.1) is 0 Å². The lowest BCUT2D eigenvalue weighted by Crippen LogP contribution is -2.09. The Balaban J connectivity index is 2.81. The molecule has 0 fully saturated rings. The number of aromatic nitrogens is 1. The van der Waals surface area contributed by atoms with Crippen LogP contribution in [0.3, 0.4) is 0 Å². The molecule has 0 saturated heterocycles. The molecule has 5 nitrogen and oxygen atoms in total. The Morgan fingerprint density at radius 2 is 2.19 bits per heavy atom. The number of ether oxygens (including phenoxy) is 1. The van der Waals surface area contributed by atoms with Crippen LogP contribution in [0.1, 0.15) is 19.4 Å². The van der Waals surface area contributed by atoms with Crippen molar-refractivity contribution in [3.63, 3.8) is 0 Å².